The van der Waals surface area contributed by atoms with Crippen LogP contribution in [0.1, 0.15) is 20.8 Å². The molecule has 3 heteroatoms. The molecule has 12 heavy (non-hydrogen) atoms. The van der Waals surface area contributed by atoms with E-state index in [9.17, 15) is 4.79 Å². The van der Waals surface area contributed by atoms with Gasteiger partial charge >= 0.3 is 5.97 Å². The highest BCUT2D eigenvalue weighted by molar-refractivity contribution is 5.67. The summed E-state index contributed by atoms with van der Waals surface area (Å²) in [4.78, 5) is 10.6. The van der Waals surface area contributed by atoms with E-state index in [4.69, 9.17) is 9.47 Å². The summed E-state index contributed by atoms with van der Waals surface area (Å²) < 4.78 is 9.59. The van der Waals surface area contributed by atoms with Gasteiger partial charge in [0.25, 0.3) is 0 Å². The van der Waals surface area contributed by atoms with Gasteiger partial charge in [-0.3, -0.25) is 4.79 Å². The van der Waals surface area contributed by atoms with Gasteiger partial charge < -0.3 is 9.47 Å². The van der Waals surface area contributed by atoms with Gasteiger partial charge in [-0.25, -0.2) is 0 Å². The molecule has 0 aromatic heterocycles. The van der Waals surface area contributed by atoms with E-state index in [0.29, 0.717) is 5.76 Å². The summed E-state index contributed by atoms with van der Waals surface area (Å²) in [6.07, 6.45) is 3.07. The fraction of sp³-hybridized carbons (Fsp3) is 0.444. The maximum absolute atomic E-state index is 10.6. The number of esters is 1. The molecule has 0 fully saturated rings. The average Bonchev–Trinajstić information content (AvgIpc) is 1.96. The lowest BCUT2D eigenvalue weighted by Gasteiger charge is -2.03. The fourth-order valence-electron chi connectivity index (χ4n) is 0.587. The van der Waals surface area contributed by atoms with Crippen LogP contribution < -0.4 is 0 Å². The second-order valence-corrected chi connectivity index (χ2v) is 2.50. The van der Waals surface area contributed by atoms with Crippen molar-refractivity contribution in [1.29, 1.82) is 0 Å². The van der Waals surface area contributed by atoms with Crippen LogP contribution in [-0.4, -0.2) is 13.1 Å². The number of ether oxygens (including phenoxy) is 2. The molecule has 0 aromatic rings. The van der Waals surface area contributed by atoms with Crippen LogP contribution in [0.4, 0.5) is 0 Å². The van der Waals surface area contributed by atoms with Crippen LogP contribution in [-0.2, 0) is 14.3 Å². The van der Waals surface area contributed by atoms with E-state index in [-0.39, 0.29) is 5.97 Å². The van der Waals surface area contributed by atoms with Gasteiger partial charge in [-0.2, -0.15) is 0 Å². The lowest BCUT2D eigenvalue weighted by molar-refractivity contribution is -0.136. The number of carbonyl (C=O) groups is 1. The summed E-state index contributed by atoms with van der Waals surface area (Å²) in [5.41, 5.74) is 0.929. The number of carbonyl (C=O) groups excluding carboxylic acids is 1. The number of allylic oxidation sites excluding steroid dienone is 2. The predicted octanol–water partition coefficient (Wildman–Crippen LogP) is 2.00. The second-order valence-electron chi connectivity index (χ2n) is 2.50. The fourth-order valence-corrected chi connectivity index (χ4v) is 0.587. The van der Waals surface area contributed by atoms with Crippen LogP contribution in [0.25, 0.3) is 0 Å². The van der Waals surface area contributed by atoms with Crippen LogP contribution in [0, 0.1) is 0 Å². The van der Waals surface area contributed by atoms with Crippen molar-refractivity contribution in [1.82, 2.24) is 0 Å². The first-order valence-corrected chi connectivity index (χ1v) is 3.63. The Morgan fingerprint density at radius 3 is 2.17 bits per heavy atom. The summed E-state index contributed by atoms with van der Waals surface area (Å²) in [6, 6.07) is 0. The quantitative estimate of drug-likeness (QED) is 0.369. The maximum atomic E-state index is 10.6. The number of hydrogen-bond acceptors (Lipinski definition) is 3. The molecule has 0 rings (SSSR count). The Hall–Kier alpha value is -1.25. The second kappa shape index (κ2) is 5.41. The van der Waals surface area contributed by atoms with E-state index in [1.807, 2.05) is 13.8 Å². The Morgan fingerprint density at radius 1 is 1.25 bits per heavy atom. The van der Waals surface area contributed by atoms with E-state index in [1.54, 1.807) is 6.08 Å². The van der Waals surface area contributed by atoms with Crippen molar-refractivity contribution in [3.8, 4) is 0 Å². The third kappa shape index (κ3) is 4.55. The molecule has 0 aliphatic rings. The van der Waals surface area contributed by atoms with Gasteiger partial charge in [-0.15, -0.1) is 0 Å². The highest BCUT2D eigenvalue weighted by Crippen LogP contribution is 2.07. The third-order valence-corrected chi connectivity index (χ3v) is 1.10. The van der Waals surface area contributed by atoms with Gasteiger partial charge in [0.15, 0.2) is 0 Å². The van der Waals surface area contributed by atoms with Crippen LogP contribution in [0.3, 0.4) is 0 Å². The Bertz CT molecular complexity index is 210. The maximum Gasteiger partial charge on any atom is 0.308 e. The Morgan fingerprint density at radius 2 is 1.83 bits per heavy atom. The van der Waals surface area contributed by atoms with Crippen LogP contribution in [0.2, 0.25) is 0 Å². The molecule has 0 radical (unpaired) electrons. The van der Waals surface area contributed by atoms with Gasteiger partial charge in [-0.1, -0.05) is 0 Å². The van der Waals surface area contributed by atoms with E-state index >= 15 is 0 Å². The van der Waals surface area contributed by atoms with E-state index < -0.39 is 0 Å². The van der Waals surface area contributed by atoms with E-state index in [2.05, 4.69) is 0 Å². The molecule has 0 N–H and O–H groups in total. The molecule has 0 aliphatic heterocycles. The minimum atomic E-state index is -0.327. The molecule has 3 nitrogen and oxygen atoms in total. The number of rotatable bonds is 3. The topological polar surface area (TPSA) is 35.5 Å². The Balaban J connectivity index is 4.37. The molecule has 68 valence electrons. The smallest absolute Gasteiger partial charge is 0.308 e. The van der Waals surface area contributed by atoms with E-state index in [0.717, 1.165) is 5.57 Å². The molecule has 0 amide bonds. The lowest BCUT2D eigenvalue weighted by atomic mass is 10.3. The third-order valence-electron chi connectivity index (χ3n) is 1.10. The molecule has 0 unspecified atom stereocenters. The van der Waals surface area contributed by atoms with Gasteiger partial charge in [0, 0.05) is 13.0 Å². The van der Waals surface area contributed by atoms with Gasteiger partial charge in [0.2, 0.25) is 0 Å². The standard InChI is InChI=1S/C9H14O3/c1-7(2)9(5-6-11-4)12-8(3)10/h5-6H,1-4H3/b6-5-. The Kier molecular flexibility index (Phi) is 4.84. The molecular formula is C9H14O3. The van der Waals surface area contributed by atoms with Crippen molar-refractivity contribution in [3.05, 3.63) is 23.7 Å². The van der Waals surface area contributed by atoms with Gasteiger partial charge in [-0.05, 0) is 19.4 Å². The van der Waals surface area contributed by atoms with E-state index in [1.165, 1.54) is 20.3 Å². The molecular weight excluding hydrogens is 156 g/mol. The summed E-state index contributed by atoms with van der Waals surface area (Å²) in [6.45, 7) is 5.08. The van der Waals surface area contributed by atoms with Crippen LogP contribution >= 0.6 is 0 Å². The molecule has 0 heterocycles. The van der Waals surface area contributed by atoms with Gasteiger partial charge in [0.1, 0.15) is 5.76 Å². The zero-order valence-electron chi connectivity index (χ0n) is 7.88. The normalized spacial score (nSPS) is 9.67. The predicted molar refractivity (Wildman–Crippen MR) is 46.3 cm³/mol. The average molecular weight is 170 g/mol. The first kappa shape index (κ1) is 10.8. The number of hydrogen-bond donors (Lipinski definition) is 0. The first-order valence-electron chi connectivity index (χ1n) is 3.63. The van der Waals surface area contributed by atoms with Crippen molar-refractivity contribution in [3.63, 3.8) is 0 Å². The molecule has 0 spiro atoms. The molecule has 0 saturated carbocycles. The minimum Gasteiger partial charge on any atom is -0.504 e. The van der Waals surface area contributed by atoms with Crippen molar-refractivity contribution in [2.45, 2.75) is 20.8 Å². The summed E-state index contributed by atoms with van der Waals surface area (Å²) in [5.74, 6) is 0.205. The zero-order valence-corrected chi connectivity index (χ0v) is 7.88. The summed E-state index contributed by atoms with van der Waals surface area (Å²) in [7, 11) is 1.53. The summed E-state index contributed by atoms with van der Waals surface area (Å²) in [5, 5.41) is 0. The monoisotopic (exact) mass is 170 g/mol. The molecule has 0 atom stereocenters. The SMILES string of the molecule is CO/C=C\C(OC(C)=O)=C(C)C. The molecule has 0 aromatic carbocycles. The first-order chi connectivity index (χ1) is 5.57. The highest BCUT2D eigenvalue weighted by Gasteiger charge is 1.99. The van der Waals surface area contributed by atoms with Crippen LogP contribution in [0.5, 0.6) is 0 Å². The van der Waals surface area contributed by atoms with Crippen molar-refractivity contribution >= 4 is 5.97 Å². The largest absolute Gasteiger partial charge is 0.504 e. The van der Waals surface area contributed by atoms with Crippen LogP contribution in [0.15, 0.2) is 23.7 Å². The highest BCUT2D eigenvalue weighted by atomic mass is 16.5. The van der Waals surface area contributed by atoms with Crippen molar-refractivity contribution in [2.75, 3.05) is 7.11 Å². The summed E-state index contributed by atoms with van der Waals surface area (Å²) >= 11 is 0. The molecule has 0 aliphatic carbocycles. The molecule has 0 bridgehead atoms. The van der Waals surface area contributed by atoms with Crippen molar-refractivity contribution in [2.24, 2.45) is 0 Å². The lowest BCUT2D eigenvalue weighted by Crippen LogP contribution is -1.98. The number of methoxy groups -OCH3 is 1. The Labute approximate surface area is 72.7 Å². The minimum absolute atomic E-state index is 0.327. The molecule has 0 saturated heterocycles. The van der Waals surface area contributed by atoms with Crippen molar-refractivity contribution < 1.29 is 14.3 Å². The van der Waals surface area contributed by atoms with Gasteiger partial charge in [0.05, 0.1) is 13.4 Å². The zero-order chi connectivity index (χ0) is 9.56.